The van der Waals surface area contributed by atoms with Crippen LogP contribution in [0.1, 0.15) is 13.8 Å². The Morgan fingerprint density at radius 3 is 2.94 bits per heavy atom. The van der Waals surface area contributed by atoms with Crippen LogP contribution in [0, 0.1) is 5.41 Å². The highest BCUT2D eigenvalue weighted by molar-refractivity contribution is 7.09. The number of fused-ring (bicyclic) bond motifs is 1. The third-order valence-corrected chi connectivity index (χ3v) is 3.28. The molecule has 0 aromatic carbocycles. The molecule has 0 aliphatic rings. The van der Waals surface area contributed by atoms with Crippen LogP contribution in [0.2, 0.25) is 0 Å². The van der Waals surface area contributed by atoms with Gasteiger partial charge in [0.25, 0.3) is 0 Å². The molecule has 2 aromatic rings. The van der Waals surface area contributed by atoms with E-state index in [1.165, 1.54) is 0 Å². The van der Waals surface area contributed by atoms with Crippen molar-refractivity contribution in [3.63, 3.8) is 0 Å². The second-order valence-corrected chi connectivity index (χ2v) is 5.59. The van der Waals surface area contributed by atoms with E-state index in [-0.39, 0.29) is 5.41 Å². The van der Waals surface area contributed by atoms with E-state index in [4.69, 9.17) is 4.74 Å². The number of nitrogens with zero attached hydrogens (tertiary/aromatic N) is 2. The lowest BCUT2D eigenvalue weighted by Gasteiger charge is -2.24. The number of hydrogen-bond acceptors (Lipinski definition) is 5. The Balaban J connectivity index is 2.11. The molecule has 0 fully saturated rings. The van der Waals surface area contributed by atoms with Crippen molar-refractivity contribution in [2.24, 2.45) is 5.41 Å². The molecule has 2 rings (SSSR count). The molecule has 4 nitrogen and oxygen atoms in total. The zero-order valence-corrected chi connectivity index (χ0v) is 11.2. The lowest BCUT2D eigenvalue weighted by molar-refractivity contribution is 0.112. The highest BCUT2D eigenvalue weighted by atomic mass is 32.1. The molecule has 0 saturated heterocycles. The fraction of sp³-hybridized carbons (Fsp3) is 0.500. The second kappa shape index (κ2) is 4.98. The van der Waals surface area contributed by atoms with Gasteiger partial charge in [0.05, 0.1) is 17.5 Å². The lowest BCUT2D eigenvalue weighted by Crippen LogP contribution is -2.28. The predicted molar refractivity (Wildman–Crippen MR) is 71.6 cm³/mol. The summed E-state index contributed by atoms with van der Waals surface area (Å²) in [5, 5.41) is 8.56. The van der Waals surface area contributed by atoms with Gasteiger partial charge in [-0.15, -0.1) is 11.3 Å². The summed E-state index contributed by atoms with van der Waals surface area (Å²) in [4.78, 5) is 8.50. The van der Waals surface area contributed by atoms with Gasteiger partial charge in [-0.05, 0) is 0 Å². The Kier molecular flexibility index (Phi) is 3.59. The van der Waals surface area contributed by atoms with Crippen LogP contribution >= 0.6 is 11.3 Å². The van der Waals surface area contributed by atoms with Crippen LogP contribution < -0.4 is 5.32 Å². The minimum atomic E-state index is 0.0854. The van der Waals surface area contributed by atoms with Crippen LogP contribution in [0.25, 0.3) is 10.9 Å². The molecule has 0 radical (unpaired) electrons. The van der Waals surface area contributed by atoms with E-state index in [2.05, 4.69) is 34.5 Å². The Bertz CT molecular complexity index is 495. The largest absolute Gasteiger partial charge is 0.384 e. The van der Waals surface area contributed by atoms with Gasteiger partial charge in [-0.1, -0.05) is 13.8 Å². The summed E-state index contributed by atoms with van der Waals surface area (Å²) in [5.74, 6) is 0.903. The summed E-state index contributed by atoms with van der Waals surface area (Å²) in [6.45, 7) is 5.87. The lowest BCUT2D eigenvalue weighted by atomic mass is 9.95. The van der Waals surface area contributed by atoms with Gasteiger partial charge in [0.2, 0.25) is 0 Å². The minimum absolute atomic E-state index is 0.0854. The van der Waals surface area contributed by atoms with Crippen LogP contribution in [0.15, 0.2) is 17.1 Å². The number of hydrogen-bond donors (Lipinski definition) is 1. The maximum Gasteiger partial charge on any atom is 0.138 e. The van der Waals surface area contributed by atoms with Crippen molar-refractivity contribution >= 4 is 28.1 Å². The number of rotatable bonds is 5. The number of anilines is 1. The molecule has 2 aromatic heterocycles. The fourth-order valence-corrected chi connectivity index (χ4v) is 2.44. The Morgan fingerprint density at radius 1 is 1.35 bits per heavy atom. The van der Waals surface area contributed by atoms with Crippen molar-refractivity contribution in [1.82, 2.24) is 9.97 Å². The maximum absolute atomic E-state index is 5.20. The number of ether oxygens (including phenoxy) is 1. The predicted octanol–water partition coefficient (Wildman–Crippen LogP) is 2.78. The number of thiophene rings is 1. The molecule has 0 aliphatic heterocycles. The molecular formula is C12H17N3OS. The van der Waals surface area contributed by atoms with E-state index < -0.39 is 0 Å². The summed E-state index contributed by atoms with van der Waals surface area (Å²) >= 11 is 1.64. The monoisotopic (exact) mass is 251 g/mol. The molecule has 2 heterocycles. The first-order valence-electron chi connectivity index (χ1n) is 5.52. The highest BCUT2D eigenvalue weighted by Gasteiger charge is 2.18. The first-order chi connectivity index (χ1) is 8.12. The normalized spacial score (nSPS) is 11.9. The third kappa shape index (κ3) is 2.92. The van der Waals surface area contributed by atoms with E-state index >= 15 is 0 Å². The zero-order valence-electron chi connectivity index (χ0n) is 10.4. The van der Waals surface area contributed by atoms with Crippen molar-refractivity contribution in [1.29, 1.82) is 0 Å². The standard InChI is InChI=1S/C12H17N3OS/c1-12(2,7-16-3)6-13-11-9-4-17-5-10(9)14-8-15-11/h4-5,8H,6-7H2,1-3H3,(H,13,14,15). The maximum atomic E-state index is 5.20. The van der Waals surface area contributed by atoms with Gasteiger partial charge in [-0.25, -0.2) is 9.97 Å². The molecule has 0 atom stereocenters. The first kappa shape index (κ1) is 12.3. The van der Waals surface area contributed by atoms with Gasteiger partial charge in [0, 0.05) is 29.8 Å². The van der Waals surface area contributed by atoms with Crippen LogP contribution in [0.5, 0.6) is 0 Å². The summed E-state index contributed by atoms with van der Waals surface area (Å²) in [6.07, 6.45) is 1.60. The molecule has 0 amide bonds. The van der Waals surface area contributed by atoms with Crippen molar-refractivity contribution in [3.8, 4) is 0 Å². The molecule has 1 N–H and O–H groups in total. The summed E-state index contributed by atoms with van der Waals surface area (Å²) in [5.41, 5.74) is 1.08. The highest BCUT2D eigenvalue weighted by Crippen LogP contribution is 2.24. The second-order valence-electron chi connectivity index (χ2n) is 4.84. The van der Waals surface area contributed by atoms with E-state index in [0.717, 1.165) is 29.9 Å². The van der Waals surface area contributed by atoms with Crippen LogP contribution in [-0.4, -0.2) is 30.2 Å². The van der Waals surface area contributed by atoms with Crippen LogP contribution in [0.4, 0.5) is 5.82 Å². The van der Waals surface area contributed by atoms with E-state index in [9.17, 15) is 0 Å². The Labute approximate surface area is 105 Å². The smallest absolute Gasteiger partial charge is 0.138 e. The molecule has 0 bridgehead atoms. The minimum Gasteiger partial charge on any atom is -0.384 e. The van der Waals surface area contributed by atoms with E-state index in [0.29, 0.717) is 0 Å². The number of nitrogens with one attached hydrogen (secondary N) is 1. The molecule has 5 heteroatoms. The Morgan fingerprint density at radius 2 is 2.18 bits per heavy atom. The third-order valence-electron chi connectivity index (χ3n) is 2.55. The number of aromatic nitrogens is 2. The van der Waals surface area contributed by atoms with Crippen LogP contribution in [-0.2, 0) is 4.74 Å². The molecule has 0 aliphatic carbocycles. The molecule has 0 saturated carbocycles. The zero-order chi connectivity index (χ0) is 12.3. The van der Waals surface area contributed by atoms with Crippen LogP contribution in [0.3, 0.4) is 0 Å². The van der Waals surface area contributed by atoms with Gasteiger partial charge >= 0.3 is 0 Å². The van der Waals surface area contributed by atoms with E-state index in [1.54, 1.807) is 24.8 Å². The van der Waals surface area contributed by atoms with Crippen molar-refractivity contribution in [3.05, 3.63) is 17.1 Å². The molecular weight excluding hydrogens is 234 g/mol. The van der Waals surface area contributed by atoms with E-state index in [1.807, 2.05) is 5.38 Å². The van der Waals surface area contributed by atoms with Gasteiger partial charge < -0.3 is 10.1 Å². The first-order valence-corrected chi connectivity index (χ1v) is 6.46. The molecule has 17 heavy (non-hydrogen) atoms. The van der Waals surface area contributed by atoms with Gasteiger partial charge in [-0.3, -0.25) is 0 Å². The summed E-state index contributed by atoms with van der Waals surface area (Å²) in [7, 11) is 1.73. The summed E-state index contributed by atoms with van der Waals surface area (Å²) in [6, 6.07) is 0. The van der Waals surface area contributed by atoms with Crippen molar-refractivity contribution in [2.75, 3.05) is 25.6 Å². The molecule has 0 unspecified atom stereocenters. The molecule has 0 spiro atoms. The SMILES string of the molecule is COCC(C)(C)CNc1ncnc2cscc12. The van der Waals surface area contributed by atoms with Gasteiger partial charge in [-0.2, -0.15) is 0 Å². The Hall–Kier alpha value is -1.20. The van der Waals surface area contributed by atoms with Crippen molar-refractivity contribution < 1.29 is 4.74 Å². The fourth-order valence-electron chi connectivity index (χ4n) is 1.69. The van der Waals surface area contributed by atoms with Gasteiger partial charge in [0.1, 0.15) is 12.1 Å². The summed E-state index contributed by atoms with van der Waals surface area (Å²) < 4.78 is 5.20. The average Bonchev–Trinajstić information content (AvgIpc) is 2.74. The quantitative estimate of drug-likeness (QED) is 0.887. The average molecular weight is 251 g/mol. The topological polar surface area (TPSA) is 47.0 Å². The van der Waals surface area contributed by atoms with Crippen molar-refractivity contribution in [2.45, 2.75) is 13.8 Å². The molecule has 92 valence electrons. The number of methoxy groups -OCH3 is 1. The van der Waals surface area contributed by atoms with Gasteiger partial charge in [0.15, 0.2) is 0 Å².